The molecule has 6 nitrogen and oxygen atoms in total. The highest BCUT2D eigenvalue weighted by molar-refractivity contribution is 5.90. The first-order valence-corrected chi connectivity index (χ1v) is 9.03. The average Bonchev–Trinajstić information content (AvgIpc) is 3.15. The van der Waals surface area contributed by atoms with E-state index in [2.05, 4.69) is 15.5 Å². The molecule has 134 valence electrons. The van der Waals surface area contributed by atoms with E-state index in [-0.39, 0.29) is 18.5 Å². The van der Waals surface area contributed by atoms with Crippen LogP contribution in [-0.2, 0) is 4.79 Å². The van der Waals surface area contributed by atoms with Gasteiger partial charge in [-0.1, -0.05) is 54.7 Å². The maximum atomic E-state index is 12.1. The third-order valence-corrected chi connectivity index (χ3v) is 4.73. The zero-order chi connectivity index (χ0) is 17.8. The summed E-state index contributed by atoms with van der Waals surface area (Å²) in [5.74, 6) is 1.26. The molecule has 1 aliphatic carbocycles. The first kappa shape index (κ1) is 16.6. The zero-order valence-electron chi connectivity index (χ0n) is 14.5. The van der Waals surface area contributed by atoms with Gasteiger partial charge in [0.25, 0.3) is 5.91 Å². The Morgan fingerprint density at radius 2 is 1.88 bits per heavy atom. The van der Waals surface area contributed by atoms with Crippen LogP contribution in [0.5, 0.6) is 5.75 Å². The summed E-state index contributed by atoms with van der Waals surface area (Å²) in [4.78, 5) is 12.1. The van der Waals surface area contributed by atoms with Crippen molar-refractivity contribution >= 4 is 22.7 Å². The fourth-order valence-corrected chi connectivity index (χ4v) is 3.36. The predicted molar refractivity (Wildman–Crippen MR) is 98.2 cm³/mol. The molecule has 0 unspecified atom stereocenters. The first-order chi connectivity index (χ1) is 12.8. The number of carbonyl (C=O) groups excluding carboxylic acids is 1. The lowest BCUT2D eigenvalue weighted by molar-refractivity contribution is -0.118. The number of nitrogens with one attached hydrogen (secondary N) is 1. The van der Waals surface area contributed by atoms with Crippen molar-refractivity contribution in [2.45, 2.75) is 38.0 Å². The van der Waals surface area contributed by atoms with Crippen molar-refractivity contribution < 1.29 is 13.9 Å². The van der Waals surface area contributed by atoms with Gasteiger partial charge in [0, 0.05) is 5.92 Å². The van der Waals surface area contributed by atoms with E-state index >= 15 is 0 Å². The largest absolute Gasteiger partial charge is 0.484 e. The van der Waals surface area contributed by atoms with Crippen molar-refractivity contribution in [1.82, 2.24) is 10.2 Å². The molecule has 0 saturated heterocycles. The molecule has 1 fully saturated rings. The molecule has 2 aromatic carbocycles. The van der Waals surface area contributed by atoms with E-state index in [0.717, 1.165) is 23.6 Å². The molecule has 0 atom stereocenters. The molecule has 0 aliphatic heterocycles. The van der Waals surface area contributed by atoms with Crippen LogP contribution in [0.2, 0.25) is 0 Å². The van der Waals surface area contributed by atoms with E-state index in [0.29, 0.717) is 17.6 Å². The lowest BCUT2D eigenvalue weighted by atomic mass is 9.89. The standard InChI is InChI=1S/C20H21N3O3/c24-18(13-25-17-11-10-14-6-4-5-9-16(14)12-17)21-20-23-22-19(26-20)15-7-2-1-3-8-15/h4-6,9-12,15H,1-3,7-8,13H2,(H,21,23,24). The Hall–Kier alpha value is -2.89. The second-order valence-electron chi connectivity index (χ2n) is 6.63. The Balaban J connectivity index is 1.32. The zero-order valence-corrected chi connectivity index (χ0v) is 14.5. The predicted octanol–water partition coefficient (Wildman–Crippen LogP) is 4.29. The number of aromatic nitrogens is 2. The Morgan fingerprint density at radius 1 is 1.08 bits per heavy atom. The summed E-state index contributed by atoms with van der Waals surface area (Å²) >= 11 is 0. The molecule has 1 aliphatic rings. The summed E-state index contributed by atoms with van der Waals surface area (Å²) < 4.78 is 11.2. The van der Waals surface area contributed by atoms with Crippen molar-refractivity contribution in [1.29, 1.82) is 0 Å². The Labute approximate surface area is 151 Å². The van der Waals surface area contributed by atoms with Gasteiger partial charge in [0.15, 0.2) is 6.61 Å². The number of anilines is 1. The number of hydrogen-bond donors (Lipinski definition) is 1. The van der Waals surface area contributed by atoms with Crippen molar-refractivity contribution in [3.05, 3.63) is 48.4 Å². The van der Waals surface area contributed by atoms with Gasteiger partial charge in [-0.2, -0.15) is 0 Å². The van der Waals surface area contributed by atoms with Gasteiger partial charge in [-0.3, -0.25) is 10.1 Å². The molecule has 4 rings (SSSR count). The summed E-state index contributed by atoms with van der Waals surface area (Å²) in [5, 5.41) is 12.8. The van der Waals surface area contributed by atoms with E-state index in [1.54, 1.807) is 0 Å². The molecule has 0 bridgehead atoms. The second kappa shape index (κ2) is 7.56. The van der Waals surface area contributed by atoms with Crippen molar-refractivity contribution in [2.75, 3.05) is 11.9 Å². The number of benzene rings is 2. The molecule has 1 saturated carbocycles. The van der Waals surface area contributed by atoms with Gasteiger partial charge in [0.1, 0.15) is 5.75 Å². The van der Waals surface area contributed by atoms with Crippen LogP contribution in [-0.4, -0.2) is 22.7 Å². The first-order valence-electron chi connectivity index (χ1n) is 9.03. The number of hydrogen-bond acceptors (Lipinski definition) is 5. The highest BCUT2D eigenvalue weighted by atomic mass is 16.5. The van der Waals surface area contributed by atoms with E-state index in [1.807, 2.05) is 42.5 Å². The summed E-state index contributed by atoms with van der Waals surface area (Å²) in [6.45, 7) is -0.112. The quantitative estimate of drug-likeness (QED) is 0.742. The van der Waals surface area contributed by atoms with Gasteiger partial charge in [0.05, 0.1) is 0 Å². The summed E-state index contributed by atoms with van der Waals surface area (Å²) in [7, 11) is 0. The van der Waals surface area contributed by atoms with E-state index in [1.165, 1.54) is 19.3 Å². The molecule has 1 amide bonds. The van der Waals surface area contributed by atoms with Crippen LogP contribution in [0.15, 0.2) is 46.9 Å². The SMILES string of the molecule is O=C(COc1ccc2ccccc2c1)Nc1nnc(C2CCCCC2)o1. The molecule has 6 heteroatoms. The number of rotatable bonds is 5. The molecule has 26 heavy (non-hydrogen) atoms. The topological polar surface area (TPSA) is 77.2 Å². The van der Waals surface area contributed by atoms with Gasteiger partial charge in [-0.15, -0.1) is 5.10 Å². The van der Waals surface area contributed by atoms with Crippen LogP contribution in [0.1, 0.15) is 43.9 Å². The van der Waals surface area contributed by atoms with Crippen LogP contribution in [0.3, 0.4) is 0 Å². The smallest absolute Gasteiger partial charge is 0.322 e. The van der Waals surface area contributed by atoms with Crippen LogP contribution in [0, 0.1) is 0 Å². The van der Waals surface area contributed by atoms with Gasteiger partial charge < -0.3 is 9.15 Å². The van der Waals surface area contributed by atoms with Gasteiger partial charge in [-0.05, 0) is 35.7 Å². The molecular formula is C20H21N3O3. The van der Waals surface area contributed by atoms with Gasteiger partial charge in [-0.25, -0.2) is 0 Å². The number of fused-ring (bicyclic) bond motifs is 1. The summed E-state index contributed by atoms with van der Waals surface area (Å²) in [6.07, 6.45) is 5.78. The maximum absolute atomic E-state index is 12.1. The molecule has 1 aromatic heterocycles. The van der Waals surface area contributed by atoms with Crippen LogP contribution in [0.4, 0.5) is 6.01 Å². The number of ether oxygens (including phenoxy) is 1. The number of carbonyl (C=O) groups is 1. The van der Waals surface area contributed by atoms with E-state index in [9.17, 15) is 4.79 Å². The minimum atomic E-state index is -0.322. The Kier molecular flexibility index (Phi) is 4.82. The van der Waals surface area contributed by atoms with Crippen LogP contribution < -0.4 is 10.1 Å². The third-order valence-electron chi connectivity index (χ3n) is 4.73. The fourth-order valence-electron chi connectivity index (χ4n) is 3.36. The summed E-state index contributed by atoms with van der Waals surface area (Å²) in [5.41, 5.74) is 0. The highest BCUT2D eigenvalue weighted by Crippen LogP contribution is 2.32. The van der Waals surface area contributed by atoms with Crippen molar-refractivity contribution in [3.63, 3.8) is 0 Å². The normalized spacial score (nSPS) is 15.1. The monoisotopic (exact) mass is 351 g/mol. The molecule has 1 N–H and O–H groups in total. The third kappa shape index (κ3) is 3.85. The lowest BCUT2D eigenvalue weighted by Crippen LogP contribution is -2.20. The average molecular weight is 351 g/mol. The Morgan fingerprint density at radius 3 is 2.73 bits per heavy atom. The highest BCUT2D eigenvalue weighted by Gasteiger charge is 2.21. The fraction of sp³-hybridized carbons (Fsp3) is 0.350. The van der Waals surface area contributed by atoms with Crippen molar-refractivity contribution in [2.24, 2.45) is 0 Å². The molecular weight excluding hydrogens is 330 g/mol. The minimum Gasteiger partial charge on any atom is -0.484 e. The van der Waals surface area contributed by atoms with Crippen molar-refractivity contribution in [3.8, 4) is 5.75 Å². The van der Waals surface area contributed by atoms with E-state index < -0.39 is 0 Å². The van der Waals surface area contributed by atoms with E-state index in [4.69, 9.17) is 9.15 Å². The Bertz CT molecular complexity index is 900. The molecule has 3 aromatic rings. The maximum Gasteiger partial charge on any atom is 0.322 e. The lowest BCUT2D eigenvalue weighted by Gasteiger charge is -2.17. The molecule has 0 radical (unpaired) electrons. The van der Waals surface area contributed by atoms with Gasteiger partial charge >= 0.3 is 6.01 Å². The minimum absolute atomic E-state index is 0.112. The number of amides is 1. The van der Waals surface area contributed by atoms with Crippen LogP contribution in [0.25, 0.3) is 10.8 Å². The summed E-state index contributed by atoms with van der Waals surface area (Å²) in [6, 6.07) is 13.9. The second-order valence-corrected chi connectivity index (χ2v) is 6.63. The van der Waals surface area contributed by atoms with Gasteiger partial charge in [0.2, 0.25) is 5.89 Å². The van der Waals surface area contributed by atoms with Crippen LogP contribution >= 0.6 is 0 Å². The number of nitrogens with zero attached hydrogens (tertiary/aromatic N) is 2. The molecule has 1 heterocycles. The molecule has 0 spiro atoms.